The zero-order valence-electron chi connectivity index (χ0n) is 21.8. The molecule has 1 aromatic carbocycles. The first-order valence-corrected chi connectivity index (χ1v) is 13.4. The molecule has 7 aliphatic rings. The first kappa shape index (κ1) is 23.7. The van der Waals surface area contributed by atoms with Crippen LogP contribution in [0.15, 0.2) is 30.3 Å². The number of carbonyl (C=O) groups is 1. The molecule has 1 heterocycles. The van der Waals surface area contributed by atoms with Gasteiger partial charge in [-0.25, -0.2) is 0 Å². The number of aliphatic hydroxyl groups is 2. The summed E-state index contributed by atoms with van der Waals surface area (Å²) < 4.78 is 25.7. The summed E-state index contributed by atoms with van der Waals surface area (Å²) in [5, 5.41) is 22.5. The number of Topliss-reactive ketones (excluding diaryl/α,β-unsaturated/α-hetero) is 1. The SMILES string of the molecule is COCO[C@@H]1[C@H]2[C@@H]3C(=O)[C@]4(C)[C@@]56[C@H](CC[C@@](C)(CO)[C@]15[C@]4(CO)C2(C)C)OC(c1ccccc1)O[C@H]36. The van der Waals surface area contributed by atoms with Gasteiger partial charge < -0.3 is 29.2 Å². The van der Waals surface area contributed by atoms with Gasteiger partial charge in [0.25, 0.3) is 0 Å². The lowest BCUT2D eigenvalue weighted by Crippen LogP contribution is -2.92. The number of ether oxygens (including phenoxy) is 4. The fourth-order valence-electron chi connectivity index (χ4n) is 12.2. The van der Waals surface area contributed by atoms with Gasteiger partial charge in [0.15, 0.2) is 6.29 Å². The van der Waals surface area contributed by atoms with Crippen LogP contribution < -0.4 is 0 Å². The molecule has 1 aromatic rings. The topological polar surface area (TPSA) is 94.5 Å². The standard InChI is InChI=1S/C29H38O7/c1-24(2)19-18-20(32)26(4)27(24,14-31)29(22(19)34-15-33-5)25(3,13-30)12-11-17-28(26,29)21(18)36-23(35-17)16-9-7-6-8-10-16/h6-10,17-19,21-23,30-31H,11-15H2,1-5H3/t17-,18+,19+,21+,22+,23?,25-,26-,27+,28-,29-/m0/s1. The molecule has 6 aliphatic carbocycles. The number of hydrogen-bond acceptors (Lipinski definition) is 7. The van der Waals surface area contributed by atoms with Gasteiger partial charge in [0.2, 0.25) is 0 Å². The highest BCUT2D eigenvalue weighted by Gasteiger charge is 3.08. The van der Waals surface area contributed by atoms with E-state index in [1.807, 2.05) is 30.3 Å². The maximum absolute atomic E-state index is 14.6. The lowest BCUT2D eigenvalue weighted by Gasteiger charge is -2.87. The molecule has 6 bridgehead atoms. The number of hydrogen-bond donors (Lipinski definition) is 2. The van der Waals surface area contributed by atoms with Crippen molar-refractivity contribution >= 4 is 5.78 Å². The number of benzene rings is 1. The average Bonchev–Trinajstić information content (AvgIpc) is 3.01. The van der Waals surface area contributed by atoms with Crippen molar-refractivity contribution in [1.29, 1.82) is 0 Å². The zero-order valence-corrected chi connectivity index (χ0v) is 21.8. The first-order valence-electron chi connectivity index (χ1n) is 13.4. The van der Waals surface area contributed by atoms with Crippen LogP contribution in [0, 0.1) is 44.3 Å². The molecule has 1 saturated heterocycles. The molecule has 11 atom stereocenters. The van der Waals surface area contributed by atoms with Gasteiger partial charge in [0.05, 0.1) is 30.8 Å². The minimum absolute atomic E-state index is 0.0529. The molecule has 8 rings (SSSR count). The van der Waals surface area contributed by atoms with Crippen LogP contribution >= 0.6 is 0 Å². The van der Waals surface area contributed by atoms with E-state index in [4.69, 9.17) is 18.9 Å². The average molecular weight is 499 g/mol. The minimum atomic E-state index is -0.849. The Morgan fingerprint density at radius 3 is 2.42 bits per heavy atom. The molecule has 1 aliphatic heterocycles. The van der Waals surface area contributed by atoms with E-state index in [1.54, 1.807) is 7.11 Å². The Morgan fingerprint density at radius 1 is 1.06 bits per heavy atom. The zero-order chi connectivity index (χ0) is 25.5. The number of rotatable bonds is 6. The Hall–Kier alpha value is -1.35. The third-order valence-corrected chi connectivity index (χ3v) is 12.6. The largest absolute Gasteiger partial charge is 0.396 e. The Balaban J connectivity index is 1.53. The molecule has 1 unspecified atom stereocenters. The third-order valence-electron chi connectivity index (χ3n) is 12.6. The summed E-state index contributed by atoms with van der Waals surface area (Å²) in [5.41, 5.74) is -3.11. The maximum Gasteiger partial charge on any atom is 0.184 e. The first-order chi connectivity index (χ1) is 17.1. The van der Waals surface area contributed by atoms with Crippen molar-refractivity contribution in [3.8, 4) is 0 Å². The van der Waals surface area contributed by atoms with Crippen LogP contribution in [0.2, 0.25) is 0 Å². The molecular weight excluding hydrogens is 460 g/mol. The Morgan fingerprint density at radius 2 is 1.78 bits per heavy atom. The summed E-state index contributed by atoms with van der Waals surface area (Å²) in [6.45, 7) is 8.50. The molecule has 36 heavy (non-hydrogen) atoms. The van der Waals surface area contributed by atoms with Crippen molar-refractivity contribution in [2.45, 2.75) is 65.1 Å². The van der Waals surface area contributed by atoms with Crippen LogP contribution in [0.4, 0.5) is 0 Å². The molecule has 6 saturated carbocycles. The molecule has 196 valence electrons. The second-order valence-corrected chi connectivity index (χ2v) is 13.2. The normalized spacial score (nSPS) is 54.9. The lowest BCUT2D eigenvalue weighted by molar-refractivity contribution is -0.490. The predicted molar refractivity (Wildman–Crippen MR) is 128 cm³/mol. The van der Waals surface area contributed by atoms with Crippen LogP contribution in [0.5, 0.6) is 0 Å². The molecule has 7 fully saturated rings. The third kappa shape index (κ3) is 1.80. The summed E-state index contributed by atoms with van der Waals surface area (Å²) >= 11 is 0. The highest BCUT2D eigenvalue weighted by atomic mass is 16.7. The van der Waals surface area contributed by atoms with E-state index in [0.717, 1.165) is 18.4 Å². The Labute approximate surface area is 212 Å². The van der Waals surface area contributed by atoms with E-state index < -0.39 is 38.8 Å². The van der Waals surface area contributed by atoms with Gasteiger partial charge in [-0.15, -0.1) is 0 Å². The van der Waals surface area contributed by atoms with E-state index in [0.29, 0.717) is 0 Å². The number of aliphatic hydroxyl groups excluding tert-OH is 2. The van der Waals surface area contributed by atoms with Crippen molar-refractivity contribution in [1.82, 2.24) is 0 Å². The highest BCUT2D eigenvalue weighted by molar-refractivity contribution is 5.98. The maximum atomic E-state index is 14.6. The van der Waals surface area contributed by atoms with E-state index in [-0.39, 0.29) is 55.9 Å². The molecule has 7 heteroatoms. The fourth-order valence-corrected chi connectivity index (χ4v) is 12.2. The van der Waals surface area contributed by atoms with Crippen molar-refractivity contribution in [2.75, 3.05) is 27.1 Å². The summed E-state index contributed by atoms with van der Waals surface area (Å²) in [6.07, 6.45) is -0.0800. The van der Waals surface area contributed by atoms with Crippen LogP contribution in [0.3, 0.4) is 0 Å². The van der Waals surface area contributed by atoms with Gasteiger partial charge in [-0.1, -0.05) is 58.0 Å². The molecule has 0 radical (unpaired) electrons. The predicted octanol–water partition coefficient (Wildman–Crippen LogP) is 3.09. The molecule has 0 aromatic heterocycles. The Bertz CT molecular complexity index is 1120. The van der Waals surface area contributed by atoms with Crippen molar-refractivity contribution < 1.29 is 34.0 Å². The number of methoxy groups -OCH3 is 1. The molecular formula is C29H38O7. The van der Waals surface area contributed by atoms with Crippen LogP contribution in [-0.2, 0) is 23.7 Å². The second-order valence-electron chi connectivity index (χ2n) is 13.2. The van der Waals surface area contributed by atoms with Gasteiger partial charge >= 0.3 is 0 Å². The van der Waals surface area contributed by atoms with Crippen LogP contribution in [0.25, 0.3) is 0 Å². The van der Waals surface area contributed by atoms with Gasteiger partial charge in [-0.2, -0.15) is 0 Å². The van der Waals surface area contributed by atoms with Crippen LogP contribution in [-0.4, -0.2) is 61.4 Å². The highest BCUT2D eigenvalue weighted by Crippen LogP contribution is 3.02. The van der Waals surface area contributed by atoms with Gasteiger partial charge in [-0.3, -0.25) is 4.79 Å². The summed E-state index contributed by atoms with van der Waals surface area (Å²) in [4.78, 5) is 14.6. The molecule has 2 spiro atoms. The lowest BCUT2D eigenvalue weighted by atomic mass is 9.16. The molecule has 0 amide bonds. The minimum Gasteiger partial charge on any atom is -0.396 e. The van der Waals surface area contributed by atoms with Crippen molar-refractivity contribution in [3.63, 3.8) is 0 Å². The van der Waals surface area contributed by atoms with E-state index >= 15 is 0 Å². The smallest absolute Gasteiger partial charge is 0.184 e. The number of ketones is 1. The van der Waals surface area contributed by atoms with E-state index in [1.165, 1.54) is 0 Å². The van der Waals surface area contributed by atoms with Gasteiger partial charge in [0.1, 0.15) is 12.6 Å². The monoisotopic (exact) mass is 498 g/mol. The summed E-state index contributed by atoms with van der Waals surface area (Å²) in [5.74, 6) is -0.351. The second kappa shape index (κ2) is 6.80. The summed E-state index contributed by atoms with van der Waals surface area (Å²) in [7, 11) is 1.61. The van der Waals surface area contributed by atoms with E-state index in [9.17, 15) is 15.0 Å². The van der Waals surface area contributed by atoms with Crippen LogP contribution in [0.1, 0.15) is 52.4 Å². The van der Waals surface area contributed by atoms with Crippen molar-refractivity contribution in [2.24, 2.45) is 44.3 Å². The van der Waals surface area contributed by atoms with Crippen molar-refractivity contribution in [3.05, 3.63) is 35.9 Å². The quantitative estimate of drug-likeness (QED) is 0.582. The molecule has 2 N–H and O–H groups in total. The summed E-state index contributed by atoms with van der Waals surface area (Å²) in [6, 6.07) is 9.95. The fraction of sp³-hybridized carbons (Fsp3) is 0.759. The molecule has 7 nitrogen and oxygen atoms in total. The van der Waals surface area contributed by atoms with E-state index in [2.05, 4.69) is 27.7 Å². The Kier molecular flexibility index (Phi) is 4.48. The number of carbonyl (C=O) groups excluding carboxylic acids is 1. The van der Waals surface area contributed by atoms with Gasteiger partial charge in [0, 0.05) is 52.3 Å². The van der Waals surface area contributed by atoms with Gasteiger partial charge in [-0.05, 0) is 18.3 Å².